The molecule has 7 heteroatoms. The molecule has 1 heterocycles. The van der Waals surface area contributed by atoms with Crippen molar-refractivity contribution in [1.82, 2.24) is 4.37 Å². The van der Waals surface area contributed by atoms with Crippen LogP contribution in [0.1, 0.15) is 24.8 Å². The molecular weight excluding hydrogens is 371 g/mol. The van der Waals surface area contributed by atoms with Crippen molar-refractivity contribution in [1.29, 1.82) is 5.26 Å². The van der Waals surface area contributed by atoms with Gasteiger partial charge in [-0.3, -0.25) is 4.94 Å². The monoisotopic (exact) mass is 384 g/mol. The van der Waals surface area contributed by atoms with E-state index in [1.54, 1.807) is 18.3 Å². The predicted molar refractivity (Wildman–Crippen MR) is 99.4 cm³/mol. The van der Waals surface area contributed by atoms with Gasteiger partial charge in [-0.25, -0.2) is 4.79 Å². The number of fused-ring (bicyclic) bond motifs is 1. The Morgan fingerprint density at radius 1 is 1.27 bits per heavy atom. The summed E-state index contributed by atoms with van der Waals surface area (Å²) in [7, 11) is 0. The quantitative estimate of drug-likeness (QED) is 0.612. The van der Waals surface area contributed by atoms with Crippen LogP contribution in [-0.2, 0) is 9.74 Å². The Morgan fingerprint density at radius 2 is 2.04 bits per heavy atom. The average Bonchev–Trinajstić information content (AvgIpc) is 3.12. The van der Waals surface area contributed by atoms with Crippen molar-refractivity contribution < 1.29 is 14.3 Å². The van der Waals surface area contributed by atoms with Crippen LogP contribution >= 0.6 is 23.3 Å². The van der Waals surface area contributed by atoms with Crippen molar-refractivity contribution >= 4 is 39.3 Å². The van der Waals surface area contributed by atoms with Gasteiger partial charge < -0.3 is 0 Å². The fourth-order valence-electron chi connectivity index (χ4n) is 3.11. The number of nitriles is 1. The minimum absolute atomic E-state index is 0.580. The minimum Gasteiger partial charge on any atom is -0.253 e. The zero-order valence-corrected chi connectivity index (χ0v) is 15.2. The number of halogens is 1. The highest BCUT2D eigenvalue weighted by Crippen LogP contribution is 2.52. The van der Waals surface area contributed by atoms with Gasteiger partial charge in [-0.2, -0.15) is 9.64 Å². The maximum atomic E-state index is 12.6. The predicted octanol–water partition coefficient (Wildman–Crippen LogP) is 5.28. The van der Waals surface area contributed by atoms with Crippen molar-refractivity contribution in [2.75, 3.05) is 0 Å². The molecule has 3 aromatic rings. The molecule has 1 aliphatic carbocycles. The summed E-state index contributed by atoms with van der Waals surface area (Å²) >= 11 is 2.74. The van der Waals surface area contributed by atoms with Gasteiger partial charge in [-0.15, -0.1) is 11.8 Å². The molecule has 2 aromatic carbocycles. The molecule has 0 radical (unpaired) electrons. The van der Waals surface area contributed by atoms with Crippen molar-refractivity contribution in [3.63, 3.8) is 0 Å². The first-order valence-electron chi connectivity index (χ1n) is 8.07. The van der Waals surface area contributed by atoms with Crippen molar-refractivity contribution in [3.8, 4) is 17.2 Å². The Morgan fingerprint density at radius 3 is 2.65 bits per heavy atom. The van der Waals surface area contributed by atoms with E-state index in [2.05, 4.69) is 15.4 Å². The number of hydrogen-bond donors (Lipinski definition) is 0. The lowest BCUT2D eigenvalue weighted by atomic mass is 9.84. The van der Waals surface area contributed by atoms with Gasteiger partial charge in [0.1, 0.15) is 4.75 Å². The van der Waals surface area contributed by atoms with Crippen LogP contribution < -0.4 is 0 Å². The van der Waals surface area contributed by atoms with Gasteiger partial charge in [0.15, 0.2) is 0 Å². The molecular formula is C19H13FN2O2S2. The molecule has 1 aromatic heterocycles. The first kappa shape index (κ1) is 17.0. The van der Waals surface area contributed by atoms with E-state index in [1.807, 2.05) is 24.3 Å². The second kappa shape index (κ2) is 6.71. The fourth-order valence-corrected chi connectivity index (χ4v) is 5.48. The normalized spacial score (nSPS) is 15.2. The van der Waals surface area contributed by atoms with Gasteiger partial charge in [0.25, 0.3) is 0 Å². The fraction of sp³-hybridized carbons (Fsp3) is 0.211. The molecule has 1 saturated carbocycles. The Kier molecular flexibility index (Phi) is 4.39. The van der Waals surface area contributed by atoms with Crippen LogP contribution in [0, 0.1) is 11.3 Å². The maximum absolute atomic E-state index is 12.6. The third kappa shape index (κ3) is 2.75. The van der Waals surface area contributed by atoms with Crippen LogP contribution in [0.4, 0.5) is 4.53 Å². The van der Waals surface area contributed by atoms with Crippen LogP contribution in [0.25, 0.3) is 21.2 Å². The summed E-state index contributed by atoms with van der Waals surface area (Å²) in [6, 6.07) is 13.3. The number of hydrogen-bond acceptors (Lipinski definition) is 6. The van der Waals surface area contributed by atoms with Crippen LogP contribution in [0.2, 0.25) is 0 Å². The summed E-state index contributed by atoms with van der Waals surface area (Å²) in [4.78, 5) is 16.5. The molecule has 0 aliphatic heterocycles. The number of carbonyl (C=O) groups excluding carboxylic acids is 1. The SMILES string of the molecule is N#Cc1ccc(-c2c(SC3(C(=O)OF)CCC3)ccc3cnsc23)cc1. The van der Waals surface area contributed by atoms with E-state index in [-0.39, 0.29) is 0 Å². The van der Waals surface area contributed by atoms with Gasteiger partial charge in [-0.05, 0) is 54.6 Å². The Balaban J connectivity index is 1.84. The largest absolute Gasteiger partial charge is 0.365 e. The van der Waals surface area contributed by atoms with Gasteiger partial charge in [0.2, 0.25) is 0 Å². The lowest BCUT2D eigenvalue weighted by Crippen LogP contribution is -2.42. The Hall–Kier alpha value is -2.43. The third-order valence-corrected chi connectivity index (χ3v) is 7.06. The van der Waals surface area contributed by atoms with Crippen LogP contribution in [0.5, 0.6) is 0 Å². The van der Waals surface area contributed by atoms with E-state index in [0.717, 1.165) is 32.5 Å². The standard InChI is InChI=1S/C19H13FN2O2S2/c20-24-18(23)19(8-1-9-19)25-15-7-6-14-11-22-26-17(14)16(15)13-4-2-12(10-21)3-5-13/h2-7,11H,1,8-9H2. The number of aromatic nitrogens is 1. The van der Waals surface area contributed by atoms with Crippen LogP contribution in [-0.4, -0.2) is 15.1 Å². The van der Waals surface area contributed by atoms with Gasteiger partial charge >= 0.3 is 5.97 Å². The molecule has 1 aliphatic rings. The smallest absolute Gasteiger partial charge is 0.253 e. The van der Waals surface area contributed by atoms with E-state index in [1.165, 1.54) is 23.3 Å². The second-order valence-corrected chi connectivity index (χ2v) is 8.41. The molecule has 4 nitrogen and oxygen atoms in total. The van der Waals surface area contributed by atoms with Crippen LogP contribution in [0.3, 0.4) is 0 Å². The number of rotatable bonds is 4. The highest BCUT2D eigenvalue weighted by molar-refractivity contribution is 8.01. The summed E-state index contributed by atoms with van der Waals surface area (Å²) in [5.74, 6) is -0.816. The highest BCUT2D eigenvalue weighted by atomic mass is 32.2. The molecule has 0 N–H and O–H groups in total. The molecule has 0 atom stereocenters. The zero-order chi connectivity index (χ0) is 18.1. The van der Waals surface area contributed by atoms with Crippen molar-refractivity contribution in [3.05, 3.63) is 48.2 Å². The molecule has 0 unspecified atom stereocenters. The Labute approximate surface area is 157 Å². The summed E-state index contributed by atoms with van der Waals surface area (Å²) in [5, 5.41) is 10.0. The van der Waals surface area contributed by atoms with Crippen LogP contribution in [0.15, 0.2) is 47.5 Å². The van der Waals surface area contributed by atoms with E-state index < -0.39 is 10.7 Å². The molecule has 0 amide bonds. The molecule has 0 bridgehead atoms. The van der Waals surface area contributed by atoms with E-state index >= 15 is 0 Å². The summed E-state index contributed by atoms with van der Waals surface area (Å²) in [6.45, 7) is 0. The van der Waals surface area contributed by atoms with E-state index in [4.69, 9.17) is 5.26 Å². The first-order valence-corrected chi connectivity index (χ1v) is 9.66. The molecule has 1 fully saturated rings. The first-order chi connectivity index (χ1) is 12.7. The zero-order valence-electron chi connectivity index (χ0n) is 13.6. The maximum Gasteiger partial charge on any atom is 0.365 e. The number of carbonyl (C=O) groups is 1. The second-order valence-electron chi connectivity index (χ2n) is 6.19. The van der Waals surface area contributed by atoms with E-state index in [9.17, 15) is 9.32 Å². The lowest BCUT2D eigenvalue weighted by molar-refractivity contribution is -0.189. The minimum atomic E-state index is -0.867. The van der Waals surface area contributed by atoms with Gasteiger partial charge in [-0.1, -0.05) is 18.2 Å². The number of benzene rings is 2. The number of thioether (sulfide) groups is 1. The number of nitrogens with zero attached hydrogens (tertiary/aromatic N) is 2. The summed E-state index contributed by atoms with van der Waals surface area (Å²) < 4.78 is 17.0. The topological polar surface area (TPSA) is 63.0 Å². The van der Waals surface area contributed by atoms with Gasteiger partial charge in [0.05, 0.1) is 16.3 Å². The highest BCUT2D eigenvalue weighted by Gasteiger charge is 2.48. The summed E-state index contributed by atoms with van der Waals surface area (Å²) in [6.07, 6.45) is 3.86. The molecule has 0 spiro atoms. The van der Waals surface area contributed by atoms with Crippen molar-refractivity contribution in [2.45, 2.75) is 28.9 Å². The Bertz CT molecular complexity index is 1020. The average molecular weight is 384 g/mol. The van der Waals surface area contributed by atoms with Gasteiger partial charge in [0, 0.05) is 26.6 Å². The third-order valence-electron chi connectivity index (χ3n) is 4.70. The molecule has 26 heavy (non-hydrogen) atoms. The van der Waals surface area contributed by atoms with E-state index in [0.29, 0.717) is 18.4 Å². The lowest BCUT2D eigenvalue weighted by Gasteiger charge is -2.37. The molecule has 130 valence electrons. The molecule has 0 saturated heterocycles. The van der Waals surface area contributed by atoms with Crippen molar-refractivity contribution in [2.24, 2.45) is 0 Å². The molecule has 4 rings (SSSR count). The summed E-state index contributed by atoms with van der Waals surface area (Å²) in [5.41, 5.74) is 2.47.